The highest BCUT2D eigenvalue weighted by Gasteiger charge is 2.26. The number of hydrogen-bond acceptors (Lipinski definition) is 5. The Labute approximate surface area is 118 Å². The van der Waals surface area contributed by atoms with E-state index in [0.29, 0.717) is 24.3 Å². The Morgan fingerprint density at radius 3 is 2.90 bits per heavy atom. The maximum atomic E-state index is 11.7. The van der Waals surface area contributed by atoms with E-state index in [1.807, 2.05) is 25.7 Å². The van der Waals surface area contributed by atoms with Gasteiger partial charge in [-0.15, -0.1) is 5.10 Å². The second-order valence-electron chi connectivity index (χ2n) is 5.07. The molecule has 0 radical (unpaired) electrons. The number of amides is 1. The van der Waals surface area contributed by atoms with Crippen LogP contribution in [0.25, 0.3) is 0 Å². The maximum absolute atomic E-state index is 11.7. The standard InChI is InChI=1S/C14H19N5O/c1-4-13(20)19-6-5-11(8-19)16-14-12(7-15)9(2)10(3)17-18-14/h11H,4-6,8H2,1-3H3,(H,16,18). The highest BCUT2D eigenvalue weighted by Crippen LogP contribution is 2.20. The number of likely N-dealkylation sites (tertiary alicyclic amines) is 1. The highest BCUT2D eigenvalue weighted by molar-refractivity contribution is 5.76. The summed E-state index contributed by atoms with van der Waals surface area (Å²) in [5, 5.41) is 20.6. The van der Waals surface area contributed by atoms with Crippen molar-refractivity contribution in [2.45, 2.75) is 39.7 Å². The van der Waals surface area contributed by atoms with Crippen LogP contribution in [-0.4, -0.2) is 40.1 Å². The Bertz CT molecular complexity index is 563. The molecular formula is C14H19N5O. The van der Waals surface area contributed by atoms with Crippen LogP contribution in [0.3, 0.4) is 0 Å². The van der Waals surface area contributed by atoms with Gasteiger partial charge in [-0.05, 0) is 25.8 Å². The lowest BCUT2D eigenvalue weighted by Crippen LogP contribution is -2.31. The van der Waals surface area contributed by atoms with E-state index in [1.165, 1.54) is 0 Å². The van der Waals surface area contributed by atoms with Crippen LogP contribution in [0.15, 0.2) is 0 Å². The molecule has 0 spiro atoms. The smallest absolute Gasteiger partial charge is 0.222 e. The largest absolute Gasteiger partial charge is 0.363 e. The molecule has 1 saturated heterocycles. The van der Waals surface area contributed by atoms with Gasteiger partial charge >= 0.3 is 0 Å². The van der Waals surface area contributed by atoms with Crippen LogP contribution in [0.1, 0.15) is 36.6 Å². The van der Waals surface area contributed by atoms with Crippen molar-refractivity contribution in [3.8, 4) is 6.07 Å². The molecule has 0 bridgehead atoms. The molecule has 1 unspecified atom stereocenters. The Morgan fingerprint density at radius 1 is 1.50 bits per heavy atom. The van der Waals surface area contributed by atoms with Gasteiger partial charge in [-0.3, -0.25) is 4.79 Å². The normalized spacial score (nSPS) is 17.9. The van der Waals surface area contributed by atoms with Gasteiger partial charge in [-0.25, -0.2) is 0 Å². The summed E-state index contributed by atoms with van der Waals surface area (Å²) in [5.41, 5.74) is 2.16. The number of anilines is 1. The van der Waals surface area contributed by atoms with Gasteiger partial charge < -0.3 is 10.2 Å². The zero-order chi connectivity index (χ0) is 14.7. The molecule has 1 aliphatic heterocycles. The molecule has 2 heterocycles. The summed E-state index contributed by atoms with van der Waals surface area (Å²) < 4.78 is 0. The number of carbonyl (C=O) groups is 1. The van der Waals surface area contributed by atoms with E-state index in [2.05, 4.69) is 21.6 Å². The van der Waals surface area contributed by atoms with Crippen molar-refractivity contribution in [1.29, 1.82) is 5.26 Å². The second kappa shape index (κ2) is 5.87. The molecule has 6 heteroatoms. The van der Waals surface area contributed by atoms with Crippen LogP contribution >= 0.6 is 0 Å². The molecule has 1 fully saturated rings. The molecule has 106 valence electrons. The average Bonchev–Trinajstić information content (AvgIpc) is 2.91. The molecule has 0 aliphatic carbocycles. The Morgan fingerprint density at radius 2 is 2.25 bits per heavy atom. The van der Waals surface area contributed by atoms with Gasteiger partial charge in [-0.2, -0.15) is 10.4 Å². The average molecular weight is 273 g/mol. The molecule has 2 rings (SSSR count). The SMILES string of the molecule is CCC(=O)N1CCC(Nc2nnc(C)c(C)c2C#N)C1. The Kier molecular flexibility index (Phi) is 4.18. The molecule has 6 nitrogen and oxygen atoms in total. The summed E-state index contributed by atoms with van der Waals surface area (Å²) in [7, 11) is 0. The topological polar surface area (TPSA) is 81.9 Å². The summed E-state index contributed by atoms with van der Waals surface area (Å²) in [4.78, 5) is 13.5. The van der Waals surface area contributed by atoms with Crippen molar-refractivity contribution in [1.82, 2.24) is 15.1 Å². The van der Waals surface area contributed by atoms with Crippen LogP contribution < -0.4 is 5.32 Å². The molecule has 1 aromatic rings. The van der Waals surface area contributed by atoms with Gasteiger partial charge in [0.25, 0.3) is 0 Å². The van der Waals surface area contributed by atoms with Crippen LogP contribution in [0.5, 0.6) is 0 Å². The number of hydrogen-bond donors (Lipinski definition) is 1. The summed E-state index contributed by atoms with van der Waals surface area (Å²) in [5.74, 6) is 0.687. The summed E-state index contributed by atoms with van der Waals surface area (Å²) in [6.45, 7) is 6.99. The lowest BCUT2D eigenvalue weighted by Gasteiger charge is -2.17. The third kappa shape index (κ3) is 2.72. The molecule has 1 aliphatic rings. The fourth-order valence-corrected chi connectivity index (χ4v) is 2.37. The maximum Gasteiger partial charge on any atom is 0.222 e. The van der Waals surface area contributed by atoms with Crippen molar-refractivity contribution in [2.24, 2.45) is 0 Å². The lowest BCUT2D eigenvalue weighted by atomic mass is 10.1. The number of carbonyl (C=O) groups excluding carboxylic acids is 1. The van der Waals surface area contributed by atoms with Crippen molar-refractivity contribution in [3.63, 3.8) is 0 Å². The molecule has 1 aromatic heterocycles. The summed E-state index contributed by atoms with van der Waals surface area (Å²) in [6.07, 6.45) is 1.39. The first-order chi connectivity index (χ1) is 9.56. The first-order valence-electron chi connectivity index (χ1n) is 6.85. The van der Waals surface area contributed by atoms with Crippen LogP contribution in [-0.2, 0) is 4.79 Å². The zero-order valence-electron chi connectivity index (χ0n) is 12.1. The number of aryl methyl sites for hydroxylation is 1. The van der Waals surface area contributed by atoms with Crippen molar-refractivity contribution in [3.05, 3.63) is 16.8 Å². The number of nitrogens with one attached hydrogen (secondary N) is 1. The van der Waals surface area contributed by atoms with Crippen LogP contribution in [0.2, 0.25) is 0 Å². The Balaban J connectivity index is 2.11. The van der Waals surface area contributed by atoms with Crippen molar-refractivity contribution in [2.75, 3.05) is 18.4 Å². The van der Waals surface area contributed by atoms with Gasteiger partial charge in [0, 0.05) is 25.6 Å². The third-order valence-electron chi connectivity index (χ3n) is 3.75. The van der Waals surface area contributed by atoms with E-state index in [-0.39, 0.29) is 11.9 Å². The van der Waals surface area contributed by atoms with Gasteiger partial charge in [0.2, 0.25) is 5.91 Å². The molecule has 0 aromatic carbocycles. The van der Waals surface area contributed by atoms with E-state index >= 15 is 0 Å². The number of aromatic nitrogens is 2. The summed E-state index contributed by atoms with van der Waals surface area (Å²) in [6, 6.07) is 2.31. The lowest BCUT2D eigenvalue weighted by molar-refractivity contribution is -0.129. The molecule has 1 N–H and O–H groups in total. The predicted molar refractivity (Wildman–Crippen MR) is 75.1 cm³/mol. The summed E-state index contributed by atoms with van der Waals surface area (Å²) >= 11 is 0. The van der Waals surface area contributed by atoms with E-state index in [0.717, 1.165) is 24.2 Å². The van der Waals surface area contributed by atoms with E-state index in [1.54, 1.807) is 0 Å². The fraction of sp³-hybridized carbons (Fsp3) is 0.571. The minimum atomic E-state index is 0.133. The second-order valence-corrected chi connectivity index (χ2v) is 5.07. The monoisotopic (exact) mass is 273 g/mol. The van der Waals surface area contributed by atoms with Gasteiger partial charge in [0.15, 0.2) is 5.82 Å². The Hall–Kier alpha value is -2.16. The van der Waals surface area contributed by atoms with E-state index in [4.69, 9.17) is 0 Å². The molecule has 1 atom stereocenters. The predicted octanol–water partition coefficient (Wildman–Crippen LogP) is 1.39. The third-order valence-corrected chi connectivity index (χ3v) is 3.75. The minimum Gasteiger partial charge on any atom is -0.363 e. The molecular weight excluding hydrogens is 254 g/mol. The van der Waals surface area contributed by atoms with Crippen molar-refractivity contribution >= 4 is 11.7 Å². The van der Waals surface area contributed by atoms with Gasteiger partial charge in [0.1, 0.15) is 11.6 Å². The van der Waals surface area contributed by atoms with Gasteiger partial charge in [0.05, 0.1) is 5.69 Å². The van der Waals surface area contributed by atoms with E-state index < -0.39 is 0 Å². The van der Waals surface area contributed by atoms with Gasteiger partial charge in [-0.1, -0.05) is 6.92 Å². The number of rotatable bonds is 3. The quantitative estimate of drug-likeness (QED) is 0.900. The molecule has 20 heavy (non-hydrogen) atoms. The van der Waals surface area contributed by atoms with Crippen molar-refractivity contribution < 1.29 is 4.79 Å². The molecule has 0 saturated carbocycles. The van der Waals surface area contributed by atoms with Crippen LogP contribution in [0, 0.1) is 25.2 Å². The van der Waals surface area contributed by atoms with E-state index in [9.17, 15) is 10.1 Å². The molecule has 1 amide bonds. The minimum absolute atomic E-state index is 0.133. The zero-order valence-corrected chi connectivity index (χ0v) is 12.1. The van der Waals surface area contributed by atoms with Crippen LogP contribution in [0.4, 0.5) is 5.82 Å². The fourth-order valence-electron chi connectivity index (χ4n) is 2.37. The first-order valence-corrected chi connectivity index (χ1v) is 6.85. The highest BCUT2D eigenvalue weighted by atomic mass is 16.2. The number of nitriles is 1. The first kappa shape index (κ1) is 14.3. The number of nitrogens with zero attached hydrogens (tertiary/aromatic N) is 4.